The molecule has 0 aromatic heterocycles. The number of hydrogen-bond donors (Lipinski definition) is 1. The highest BCUT2D eigenvalue weighted by Gasteiger charge is 2.22. The van der Waals surface area contributed by atoms with Gasteiger partial charge >= 0.3 is 0 Å². The minimum atomic E-state index is -0.338. The normalized spacial score (nSPS) is 16.6. The molecule has 0 spiro atoms. The molecular weight excluding hydrogens is 257 g/mol. The second-order valence-corrected chi connectivity index (χ2v) is 4.75. The summed E-state index contributed by atoms with van der Waals surface area (Å²) in [7, 11) is 1.46. The smallest absolute Gasteiger partial charge is 0.165 e. The molecule has 0 saturated carbocycles. The highest BCUT2D eigenvalue weighted by atomic mass is 19.1. The zero-order valence-corrected chi connectivity index (χ0v) is 11.2. The average molecular weight is 273 g/mol. The van der Waals surface area contributed by atoms with Crippen molar-refractivity contribution < 1.29 is 13.9 Å². The Balaban J connectivity index is 1.67. The van der Waals surface area contributed by atoms with Crippen molar-refractivity contribution in [3.05, 3.63) is 59.4 Å². The number of hydrogen-bond acceptors (Lipinski definition) is 3. The molecule has 0 aliphatic carbocycles. The van der Waals surface area contributed by atoms with Gasteiger partial charge in [-0.05, 0) is 23.8 Å². The van der Waals surface area contributed by atoms with Gasteiger partial charge in [-0.1, -0.05) is 24.3 Å². The summed E-state index contributed by atoms with van der Waals surface area (Å²) in [6.07, 6.45) is 0. The van der Waals surface area contributed by atoms with Crippen molar-refractivity contribution in [2.24, 2.45) is 0 Å². The lowest BCUT2D eigenvalue weighted by Gasteiger charge is -2.12. The minimum absolute atomic E-state index is 0.149. The maximum Gasteiger partial charge on any atom is 0.165 e. The summed E-state index contributed by atoms with van der Waals surface area (Å²) in [6, 6.07) is 13.1. The lowest BCUT2D eigenvalue weighted by atomic mass is 10.1. The van der Waals surface area contributed by atoms with Crippen LogP contribution in [0.2, 0.25) is 0 Å². The van der Waals surface area contributed by atoms with Crippen molar-refractivity contribution in [3.63, 3.8) is 0 Å². The van der Waals surface area contributed by atoms with Crippen LogP contribution in [-0.2, 0) is 6.54 Å². The molecule has 2 aromatic carbocycles. The molecule has 2 aromatic rings. The number of fused-ring (bicyclic) bond motifs is 1. The Hall–Kier alpha value is -2.07. The molecule has 0 radical (unpaired) electrons. The van der Waals surface area contributed by atoms with E-state index in [9.17, 15) is 4.39 Å². The van der Waals surface area contributed by atoms with Crippen molar-refractivity contribution >= 4 is 0 Å². The number of para-hydroxylation sites is 1. The number of ether oxygens (including phenoxy) is 2. The van der Waals surface area contributed by atoms with E-state index in [1.807, 2.05) is 24.3 Å². The van der Waals surface area contributed by atoms with Gasteiger partial charge in [0, 0.05) is 12.1 Å². The zero-order valence-electron chi connectivity index (χ0n) is 11.2. The van der Waals surface area contributed by atoms with E-state index in [-0.39, 0.29) is 17.6 Å². The third-order valence-corrected chi connectivity index (χ3v) is 3.47. The van der Waals surface area contributed by atoms with Crippen LogP contribution in [0.1, 0.15) is 17.2 Å². The second kappa shape index (κ2) is 5.51. The minimum Gasteiger partial charge on any atom is -0.494 e. The number of nitrogens with one attached hydrogen (secondary N) is 1. The van der Waals surface area contributed by atoms with Gasteiger partial charge in [0.1, 0.15) is 12.4 Å². The first-order valence-corrected chi connectivity index (χ1v) is 6.55. The molecule has 3 rings (SSSR count). The Morgan fingerprint density at radius 2 is 2.15 bits per heavy atom. The van der Waals surface area contributed by atoms with Gasteiger partial charge in [-0.15, -0.1) is 0 Å². The largest absolute Gasteiger partial charge is 0.494 e. The lowest BCUT2D eigenvalue weighted by molar-refractivity contribution is 0.310. The van der Waals surface area contributed by atoms with Crippen molar-refractivity contribution in [1.82, 2.24) is 5.32 Å². The van der Waals surface area contributed by atoms with Gasteiger partial charge in [0.05, 0.1) is 13.2 Å². The maximum absolute atomic E-state index is 13.6. The highest BCUT2D eigenvalue weighted by molar-refractivity contribution is 5.39. The molecule has 4 heteroatoms. The van der Waals surface area contributed by atoms with Crippen molar-refractivity contribution in [1.29, 1.82) is 0 Å². The van der Waals surface area contributed by atoms with Crippen molar-refractivity contribution in [2.75, 3.05) is 13.7 Å². The fraction of sp³-hybridized carbons (Fsp3) is 0.250. The molecule has 0 saturated heterocycles. The van der Waals surface area contributed by atoms with Crippen LogP contribution >= 0.6 is 0 Å². The Labute approximate surface area is 117 Å². The summed E-state index contributed by atoms with van der Waals surface area (Å²) in [5, 5.41) is 3.39. The van der Waals surface area contributed by atoms with Crippen molar-refractivity contribution in [3.8, 4) is 11.5 Å². The standard InChI is InChI=1S/C16H16FNO2/c1-19-16-7-6-11(8-13(16)17)9-18-14-10-20-15-5-3-2-4-12(14)15/h2-8,14,18H,9-10H2,1H3. The van der Waals surface area contributed by atoms with Gasteiger partial charge in [-0.2, -0.15) is 0 Å². The summed E-state index contributed by atoms with van der Waals surface area (Å²) < 4.78 is 24.1. The summed E-state index contributed by atoms with van der Waals surface area (Å²) in [6.45, 7) is 1.20. The molecule has 0 fully saturated rings. The predicted octanol–water partition coefficient (Wildman–Crippen LogP) is 3.06. The van der Waals surface area contributed by atoms with E-state index in [1.54, 1.807) is 6.07 Å². The van der Waals surface area contributed by atoms with Gasteiger partial charge < -0.3 is 14.8 Å². The van der Waals surface area contributed by atoms with Crippen LogP contribution in [0.5, 0.6) is 11.5 Å². The topological polar surface area (TPSA) is 30.5 Å². The molecule has 0 amide bonds. The van der Waals surface area contributed by atoms with Crippen LogP contribution in [-0.4, -0.2) is 13.7 Å². The Bertz CT molecular complexity index is 615. The molecular formula is C16H16FNO2. The van der Waals surface area contributed by atoms with Gasteiger partial charge in [0.25, 0.3) is 0 Å². The molecule has 1 N–H and O–H groups in total. The molecule has 1 atom stereocenters. The van der Waals surface area contributed by atoms with Gasteiger partial charge in [-0.25, -0.2) is 4.39 Å². The first-order chi connectivity index (χ1) is 9.78. The van der Waals surface area contributed by atoms with E-state index in [4.69, 9.17) is 9.47 Å². The Morgan fingerprint density at radius 3 is 2.95 bits per heavy atom. The molecule has 20 heavy (non-hydrogen) atoms. The number of halogens is 1. The summed E-state index contributed by atoms with van der Waals surface area (Å²) in [5.74, 6) is 0.851. The fourth-order valence-corrected chi connectivity index (χ4v) is 2.39. The first kappa shape index (κ1) is 12.9. The first-order valence-electron chi connectivity index (χ1n) is 6.55. The van der Waals surface area contributed by atoms with Gasteiger partial charge in [0.15, 0.2) is 11.6 Å². The van der Waals surface area contributed by atoms with Gasteiger partial charge in [0.2, 0.25) is 0 Å². The number of benzene rings is 2. The molecule has 104 valence electrons. The van der Waals surface area contributed by atoms with Crippen LogP contribution in [0.15, 0.2) is 42.5 Å². The lowest BCUT2D eigenvalue weighted by Crippen LogP contribution is -2.22. The monoisotopic (exact) mass is 273 g/mol. The molecule has 1 aliphatic heterocycles. The maximum atomic E-state index is 13.6. The average Bonchev–Trinajstić information content (AvgIpc) is 2.88. The predicted molar refractivity (Wildman–Crippen MR) is 74.5 cm³/mol. The molecule has 3 nitrogen and oxygen atoms in total. The van der Waals surface area contributed by atoms with Crippen LogP contribution in [0.25, 0.3) is 0 Å². The second-order valence-electron chi connectivity index (χ2n) is 4.75. The van der Waals surface area contributed by atoms with Crippen LogP contribution in [0.4, 0.5) is 4.39 Å². The molecule has 1 unspecified atom stereocenters. The number of methoxy groups -OCH3 is 1. The van der Waals surface area contributed by atoms with E-state index >= 15 is 0 Å². The molecule has 1 aliphatic rings. The third-order valence-electron chi connectivity index (χ3n) is 3.47. The highest BCUT2D eigenvalue weighted by Crippen LogP contribution is 2.31. The van der Waals surface area contributed by atoms with E-state index in [1.165, 1.54) is 13.2 Å². The number of rotatable bonds is 4. The molecule has 1 heterocycles. The Morgan fingerprint density at radius 1 is 1.30 bits per heavy atom. The van der Waals surface area contributed by atoms with E-state index < -0.39 is 0 Å². The van der Waals surface area contributed by atoms with E-state index in [0.29, 0.717) is 13.2 Å². The summed E-state index contributed by atoms with van der Waals surface area (Å²) >= 11 is 0. The van der Waals surface area contributed by atoms with Crippen LogP contribution < -0.4 is 14.8 Å². The van der Waals surface area contributed by atoms with E-state index in [2.05, 4.69) is 11.4 Å². The summed E-state index contributed by atoms with van der Waals surface area (Å²) in [5.41, 5.74) is 2.04. The SMILES string of the molecule is COc1ccc(CNC2COc3ccccc32)cc1F. The zero-order chi connectivity index (χ0) is 13.9. The van der Waals surface area contributed by atoms with Crippen LogP contribution in [0.3, 0.4) is 0 Å². The van der Waals surface area contributed by atoms with Gasteiger partial charge in [-0.3, -0.25) is 0 Å². The fourth-order valence-electron chi connectivity index (χ4n) is 2.39. The summed E-state index contributed by atoms with van der Waals surface area (Å²) in [4.78, 5) is 0. The van der Waals surface area contributed by atoms with E-state index in [0.717, 1.165) is 16.9 Å². The molecule has 0 bridgehead atoms. The third kappa shape index (κ3) is 2.47. The Kier molecular flexibility index (Phi) is 3.56. The quantitative estimate of drug-likeness (QED) is 0.928. The van der Waals surface area contributed by atoms with Crippen molar-refractivity contribution in [2.45, 2.75) is 12.6 Å². The van der Waals surface area contributed by atoms with Crippen LogP contribution in [0, 0.1) is 5.82 Å².